The summed E-state index contributed by atoms with van der Waals surface area (Å²) < 4.78 is 4.84. The lowest BCUT2D eigenvalue weighted by molar-refractivity contribution is -0.141. The van der Waals surface area contributed by atoms with E-state index < -0.39 is 17.9 Å². The van der Waals surface area contributed by atoms with Gasteiger partial charge in [-0.15, -0.1) is 11.3 Å². The first-order chi connectivity index (χ1) is 11.3. The first-order valence-electron chi connectivity index (χ1n) is 7.80. The third-order valence-electron chi connectivity index (χ3n) is 3.93. The van der Waals surface area contributed by atoms with Gasteiger partial charge in [-0.1, -0.05) is 13.8 Å². The zero-order valence-corrected chi connectivity index (χ0v) is 14.8. The molecule has 0 aromatic carbocycles. The Morgan fingerprint density at radius 2 is 2.17 bits per heavy atom. The predicted molar refractivity (Wildman–Crippen MR) is 90.5 cm³/mol. The molecule has 1 unspecified atom stereocenters. The number of ether oxygens (including phenoxy) is 1. The van der Waals surface area contributed by atoms with E-state index in [1.54, 1.807) is 0 Å². The van der Waals surface area contributed by atoms with Crippen LogP contribution in [0.2, 0.25) is 0 Å². The summed E-state index contributed by atoms with van der Waals surface area (Å²) in [6.07, 6.45) is 1.15. The zero-order valence-electron chi connectivity index (χ0n) is 14.0. The molecule has 2 N–H and O–H groups in total. The van der Waals surface area contributed by atoms with Crippen LogP contribution in [0.15, 0.2) is 5.38 Å². The minimum Gasteiger partial charge on any atom is -0.481 e. The highest BCUT2D eigenvalue weighted by molar-refractivity contribution is 7.15. The average Bonchev–Trinajstić information content (AvgIpc) is 3.13. The Kier molecular flexibility index (Phi) is 5.82. The Morgan fingerprint density at radius 1 is 1.46 bits per heavy atom. The molecule has 2 heterocycles. The van der Waals surface area contributed by atoms with Crippen LogP contribution in [0.5, 0.6) is 0 Å². The van der Waals surface area contributed by atoms with Gasteiger partial charge < -0.3 is 14.7 Å². The minimum atomic E-state index is -0.893. The van der Waals surface area contributed by atoms with Crippen molar-refractivity contribution in [2.45, 2.75) is 26.7 Å². The molecule has 1 aliphatic heterocycles. The molecule has 132 valence electrons. The van der Waals surface area contributed by atoms with Gasteiger partial charge >= 0.3 is 18.0 Å². The number of likely N-dealkylation sites (tertiary alicyclic amines) is 1. The number of aliphatic carboxylic acids is 1. The highest BCUT2D eigenvalue weighted by Gasteiger charge is 2.32. The van der Waals surface area contributed by atoms with Crippen molar-refractivity contribution in [3.63, 3.8) is 0 Å². The van der Waals surface area contributed by atoms with Crippen LogP contribution in [-0.4, -0.2) is 48.2 Å². The fraction of sp³-hybridized carbons (Fsp3) is 0.562. The van der Waals surface area contributed by atoms with E-state index >= 15 is 0 Å². The van der Waals surface area contributed by atoms with E-state index in [9.17, 15) is 14.4 Å². The predicted octanol–water partition coefficient (Wildman–Crippen LogP) is 2.67. The van der Waals surface area contributed by atoms with Crippen LogP contribution in [0, 0.1) is 11.8 Å². The molecule has 0 spiro atoms. The lowest BCUT2D eigenvalue weighted by atomic mass is 10.0. The Bertz CT molecular complexity index is 640. The first-order valence-corrected chi connectivity index (χ1v) is 8.68. The number of anilines is 1. The van der Waals surface area contributed by atoms with E-state index in [2.05, 4.69) is 5.32 Å². The second-order valence-corrected chi connectivity index (χ2v) is 7.13. The van der Waals surface area contributed by atoms with E-state index in [0.717, 1.165) is 5.56 Å². The number of rotatable bonds is 5. The van der Waals surface area contributed by atoms with Crippen LogP contribution in [0.4, 0.5) is 9.80 Å². The number of hydrogen-bond acceptors (Lipinski definition) is 5. The largest absolute Gasteiger partial charge is 0.481 e. The normalized spacial score (nSPS) is 17.2. The van der Waals surface area contributed by atoms with Gasteiger partial charge in [-0.25, -0.2) is 9.59 Å². The second kappa shape index (κ2) is 7.65. The van der Waals surface area contributed by atoms with Crippen LogP contribution in [0.25, 0.3) is 0 Å². The first kappa shape index (κ1) is 18.3. The van der Waals surface area contributed by atoms with Crippen molar-refractivity contribution < 1.29 is 24.2 Å². The molecule has 1 atom stereocenters. The molecule has 1 aliphatic rings. The Morgan fingerprint density at radius 3 is 2.71 bits per heavy atom. The number of carbonyl (C=O) groups is 3. The quantitative estimate of drug-likeness (QED) is 0.793. The van der Waals surface area contributed by atoms with Gasteiger partial charge in [0, 0.05) is 13.1 Å². The number of carboxylic acid groups (broad SMARTS) is 1. The molecule has 24 heavy (non-hydrogen) atoms. The van der Waals surface area contributed by atoms with Crippen LogP contribution >= 0.6 is 11.3 Å². The van der Waals surface area contributed by atoms with E-state index in [1.807, 2.05) is 19.2 Å². The van der Waals surface area contributed by atoms with Crippen LogP contribution in [-0.2, 0) is 16.0 Å². The number of nitrogens with one attached hydrogen (secondary N) is 1. The molecular formula is C16H22N2O5S. The van der Waals surface area contributed by atoms with Gasteiger partial charge in [0.1, 0.15) is 5.00 Å². The molecular weight excluding hydrogens is 332 g/mol. The Hall–Kier alpha value is -2.09. The lowest BCUT2D eigenvalue weighted by Crippen LogP contribution is -2.34. The van der Waals surface area contributed by atoms with E-state index in [4.69, 9.17) is 9.84 Å². The molecule has 0 radical (unpaired) electrons. The maximum Gasteiger partial charge on any atom is 0.341 e. The van der Waals surface area contributed by atoms with E-state index in [0.29, 0.717) is 35.9 Å². The summed E-state index contributed by atoms with van der Waals surface area (Å²) in [4.78, 5) is 36.9. The van der Waals surface area contributed by atoms with Crippen molar-refractivity contribution in [3.05, 3.63) is 16.5 Å². The number of thiophene rings is 1. The Balaban J connectivity index is 2.14. The third kappa shape index (κ3) is 4.05. The monoisotopic (exact) mass is 354 g/mol. The molecule has 1 fully saturated rings. The molecule has 1 aromatic heterocycles. The highest BCUT2D eigenvalue weighted by Crippen LogP contribution is 2.31. The second-order valence-electron chi connectivity index (χ2n) is 6.25. The number of amides is 2. The SMILES string of the molecule is COC(=O)c1c(CC(C)C)csc1NC(=O)N1CCC(C(=O)O)C1. The fourth-order valence-corrected chi connectivity index (χ4v) is 3.68. The summed E-state index contributed by atoms with van der Waals surface area (Å²) in [7, 11) is 1.31. The molecule has 1 saturated heterocycles. The molecule has 2 amide bonds. The molecule has 8 heteroatoms. The van der Waals surface area contributed by atoms with Gasteiger partial charge in [-0.3, -0.25) is 10.1 Å². The number of nitrogens with zero attached hydrogens (tertiary/aromatic N) is 1. The molecule has 0 bridgehead atoms. The van der Waals surface area contributed by atoms with Crippen molar-refractivity contribution in [2.75, 3.05) is 25.5 Å². The maximum absolute atomic E-state index is 12.4. The zero-order chi connectivity index (χ0) is 17.9. The maximum atomic E-state index is 12.4. The summed E-state index contributed by atoms with van der Waals surface area (Å²) in [5, 5.41) is 14.1. The number of carbonyl (C=O) groups excluding carboxylic acids is 2. The number of carboxylic acids is 1. The average molecular weight is 354 g/mol. The minimum absolute atomic E-state index is 0.180. The van der Waals surface area contributed by atoms with Gasteiger partial charge in [0.15, 0.2) is 0 Å². The van der Waals surface area contributed by atoms with Crippen molar-refractivity contribution in [2.24, 2.45) is 11.8 Å². The summed E-state index contributed by atoms with van der Waals surface area (Å²) in [5.74, 6) is -1.54. The summed E-state index contributed by atoms with van der Waals surface area (Å²) in [5.41, 5.74) is 1.24. The highest BCUT2D eigenvalue weighted by atomic mass is 32.1. The van der Waals surface area contributed by atoms with Gasteiger partial charge in [0.2, 0.25) is 0 Å². The van der Waals surface area contributed by atoms with Gasteiger partial charge in [-0.2, -0.15) is 0 Å². The molecule has 0 saturated carbocycles. The Labute approximate surface area is 144 Å². The van der Waals surface area contributed by atoms with Crippen LogP contribution < -0.4 is 5.32 Å². The molecule has 2 rings (SSSR count). The fourth-order valence-electron chi connectivity index (χ4n) is 2.72. The van der Waals surface area contributed by atoms with E-state index in [-0.39, 0.29) is 12.6 Å². The van der Waals surface area contributed by atoms with Crippen molar-refractivity contribution in [1.29, 1.82) is 0 Å². The molecule has 7 nitrogen and oxygen atoms in total. The number of urea groups is 1. The number of methoxy groups -OCH3 is 1. The van der Waals surface area contributed by atoms with E-state index in [1.165, 1.54) is 23.3 Å². The van der Waals surface area contributed by atoms with Crippen LogP contribution in [0.3, 0.4) is 0 Å². The third-order valence-corrected chi connectivity index (χ3v) is 4.87. The molecule has 1 aromatic rings. The number of esters is 1. The van der Waals surface area contributed by atoms with Gasteiger partial charge in [0.05, 0.1) is 18.6 Å². The summed E-state index contributed by atoms with van der Waals surface area (Å²) in [6.45, 7) is 4.67. The van der Waals surface area contributed by atoms with Crippen LogP contribution in [0.1, 0.15) is 36.2 Å². The standard InChI is InChI=1S/C16H22N2O5S/c1-9(2)6-11-8-24-13(12(11)15(21)23-3)17-16(22)18-5-4-10(7-18)14(19)20/h8-10H,4-7H2,1-3H3,(H,17,22)(H,19,20). The summed E-state index contributed by atoms with van der Waals surface area (Å²) >= 11 is 1.28. The lowest BCUT2D eigenvalue weighted by Gasteiger charge is -2.16. The van der Waals surface area contributed by atoms with Crippen molar-refractivity contribution in [1.82, 2.24) is 4.90 Å². The smallest absolute Gasteiger partial charge is 0.341 e. The van der Waals surface area contributed by atoms with Gasteiger partial charge in [-0.05, 0) is 29.7 Å². The molecule has 0 aliphatic carbocycles. The van der Waals surface area contributed by atoms with Crippen molar-refractivity contribution >= 4 is 34.3 Å². The van der Waals surface area contributed by atoms with Crippen molar-refractivity contribution in [3.8, 4) is 0 Å². The topological polar surface area (TPSA) is 95.9 Å². The number of hydrogen-bond donors (Lipinski definition) is 2. The van der Waals surface area contributed by atoms with Gasteiger partial charge in [0.25, 0.3) is 0 Å². The summed E-state index contributed by atoms with van der Waals surface area (Å²) in [6, 6.07) is -0.387.